The van der Waals surface area contributed by atoms with Crippen LogP contribution in [0.3, 0.4) is 0 Å². The maximum atomic E-state index is 12.3. The molecule has 0 aliphatic carbocycles. The number of alkyl halides is 3. The van der Waals surface area contributed by atoms with Gasteiger partial charge in [-0.05, 0) is 6.92 Å². The Hall–Kier alpha value is -1.83. The molecule has 0 radical (unpaired) electrons. The van der Waals surface area contributed by atoms with Crippen LogP contribution in [-0.4, -0.2) is 22.4 Å². The number of nitrogens with zero attached hydrogens (tertiary/aromatic N) is 1. The number of rotatable bonds is 4. The number of carbonyl (C=O) groups is 1. The Labute approximate surface area is 100 Å². The fourth-order valence-electron chi connectivity index (χ4n) is 1.44. The SMILES string of the molecule is Cc1c(CN)ncc(CC(=O)O)c1OC(F)(F)F. The van der Waals surface area contributed by atoms with Gasteiger partial charge in [-0.25, -0.2) is 0 Å². The highest BCUT2D eigenvalue weighted by Crippen LogP contribution is 2.31. The third-order valence-corrected chi connectivity index (χ3v) is 2.19. The van der Waals surface area contributed by atoms with Crippen molar-refractivity contribution in [3.05, 3.63) is 23.0 Å². The third-order valence-electron chi connectivity index (χ3n) is 2.19. The summed E-state index contributed by atoms with van der Waals surface area (Å²) in [6.07, 6.45) is -4.47. The molecular weight excluding hydrogens is 253 g/mol. The van der Waals surface area contributed by atoms with Gasteiger partial charge in [-0.1, -0.05) is 0 Å². The number of aliphatic carboxylic acids is 1. The van der Waals surface area contributed by atoms with Crippen LogP contribution in [0, 0.1) is 6.92 Å². The molecule has 0 spiro atoms. The van der Waals surface area contributed by atoms with Gasteiger partial charge < -0.3 is 15.6 Å². The van der Waals surface area contributed by atoms with E-state index in [9.17, 15) is 18.0 Å². The Morgan fingerprint density at radius 2 is 2.17 bits per heavy atom. The zero-order valence-electron chi connectivity index (χ0n) is 9.41. The minimum atomic E-state index is -4.90. The maximum Gasteiger partial charge on any atom is 0.573 e. The molecule has 0 saturated carbocycles. The summed E-state index contributed by atoms with van der Waals surface area (Å²) in [6.45, 7) is 1.29. The molecule has 100 valence electrons. The molecule has 1 heterocycles. The van der Waals surface area contributed by atoms with Crippen LogP contribution in [0.25, 0.3) is 0 Å². The summed E-state index contributed by atoms with van der Waals surface area (Å²) < 4.78 is 40.6. The first-order chi connectivity index (χ1) is 8.24. The first kappa shape index (κ1) is 14.2. The van der Waals surface area contributed by atoms with Crippen molar-refractivity contribution in [1.29, 1.82) is 0 Å². The first-order valence-electron chi connectivity index (χ1n) is 4.89. The Balaban J connectivity index is 3.26. The van der Waals surface area contributed by atoms with Crippen LogP contribution in [-0.2, 0) is 17.8 Å². The second-order valence-electron chi connectivity index (χ2n) is 3.51. The fourth-order valence-corrected chi connectivity index (χ4v) is 1.44. The number of hydrogen-bond acceptors (Lipinski definition) is 4. The van der Waals surface area contributed by atoms with Gasteiger partial charge in [-0.2, -0.15) is 0 Å². The Kier molecular flexibility index (Phi) is 4.12. The molecule has 0 fully saturated rings. The van der Waals surface area contributed by atoms with Gasteiger partial charge >= 0.3 is 12.3 Å². The number of halogens is 3. The summed E-state index contributed by atoms with van der Waals surface area (Å²) >= 11 is 0. The highest BCUT2D eigenvalue weighted by atomic mass is 19.4. The standard InChI is InChI=1S/C10H11F3N2O3/c1-5-7(3-14)15-4-6(2-8(16)17)9(5)18-10(11,12)13/h4H,2-3,14H2,1H3,(H,16,17). The summed E-state index contributed by atoms with van der Waals surface area (Å²) in [5.41, 5.74) is 5.49. The zero-order valence-corrected chi connectivity index (χ0v) is 9.41. The molecule has 0 aromatic carbocycles. The molecule has 5 nitrogen and oxygen atoms in total. The van der Waals surface area contributed by atoms with Crippen molar-refractivity contribution >= 4 is 5.97 Å². The second kappa shape index (κ2) is 5.21. The minimum absolute atomic E-state index is 0.0621. The number of pyridine rings is 1. The molecule has 0 saturated heterocycles. The van der Waals surface area contributed by atoms with Gasteiger partial charge in [0.25, 0.3) is 0 Å². The largest absolute Gasteiger partial charge is 0.573 e. The van der Waals surface area contributed by atoms with E-state index in [1.54, 1.807) is 0 Å². The Bertz CT molecular complexity index is 460. The van der Waals surface area contributed by atoms with E-state index in [2.05, 4.69) is 9.72 Å². The van der Waals surface area contributed by atoms with Gasteiger partial charge in [0.15, 0.2) is 0 Å². The van der Waals surface area contributed by atoms with Crippen molar-refractivity contribution in [3.63, 3.8) is 0 Å². The average Bonchev–Trinajstić information content (AvgIpc) is 2.21. The van der Waals surface area contributed by atoms with Crippen LogP contribution in [0.2, 0.25) is 0 Å². The molecule has 18 heavy (non-hydrogen) atoms. The van der Waals surface area contributed by atoms with Crippen LogP contribution in [0.4, 0.5) is 13.2 Å². The second-order valence-corrected chi connectivity index (χ2v) is 3.51. The van der Waals surface area contributed by atoms with Gasteiger partial charge in [0.05, 0.1) is 12.1 Å². The van der Waals surface area contributed by atoms with E-state index in [0.29, 0.717) is 0 Å². The molecule has 0 aliphatic rings. The predicted molar refractivity (Wildman–Crippen MR) is 54.9 cm³/mol. The lowest BCUT2D eigenvalue weighted by Gasteiger charge is -2.16. The molecule has 0 atom stereocenters. The van der Waals surface area contributed by atoms with Crippen molar-refractivity contribution < 1.29 is 27.8 Å². The smallest absolute Gasteiger partial charge is 0.481 e. The lowest BCUT2D eigenvalue weighted by molar-refractivity contribution is -0.275. The summed E-state index contributed by atoms with van der Waals surface area (Å²) in [4.78, 5) is 14.4. The topological polar surface area (TPSA) is 85.4 Å². The van der Waals surface area contributed by atoms with Crippen molar-refractivity contribution in [1.82, 2.24) is 4.98 Å². The van der Waals surface area contributed by atoms with Gasteiger partial charge in [-0.3, -0.25) is 9.78 Å². The minimum Gasteiger partial charge on any atom is -0.481 e. The highest BCUT2D eigenvalue weighted by molar-refractivity contribution is 5.71. The molecule has 0 amide bonds. The summed E-state index contributed by atoms with van der Waals surface area (Å²) in [7, 11) is 0. The van der Waals surface area contributed by atoms with Gasteiger partial charge in [0.2, 0.25) is 0 Å². The van der Waals surface area contributed by atoms with E-state index >= 15 is 0 Å². The highest BCUT2D eigenvalue weighted by Gasteiger charge is 2.33. The third kappa shape index (κ3) is 3.59. The summed E-state index contributed by atoms with van der Waals surface area (Å²) in [6, 6.07) is 0. The number of carboxylic acids is 1. The van der Waals surface area contributed by atoms with Crippen LogP contribution >= 0.6 is 0 Å². The number of aromatic nitrogens is 1. The summed E-state index contributed by atoms with van der Waals surface area (Å²) in [5, 5.41) is 8.62. The quantitative estimate of drug-likeness (QED) is 0.857. The van der Waals surface area contributed by atoms with Crippen molar-refractivity contribution in [2.24, 2.45) is 5.73 Å². The van der Waals surface area contributed by atoms with E-state index in [1.807, 2.05) is 0 Å². The number of carboxylic acid groups (broad SMARTS) is 1. The molecule has 3 N–H and O–H groups in total. The maximum absolute atomic E-state index is 12.3. The van der Waals surface area contributed by atoms with Crippen molar-refractivity contribution in [2.45, 2.75) is 26.3 Å². The van der Waals surface area contributed by atoms with Crippen molar-refractivity contribution in [2.75, 3.05) is 0 Å². The summed E-state index contributed by atoms with van der Waals surface area (Å²) in [5.74, 6) is -1.82. The number of nitrogens with two attached hydrogens (primary N) is 1. The Morgan fingerprint density at radius 3 is 2.61 bits per heavy atom. The van der Waals surface area contributed by atoms with Crippen molar-refractivity contribution in [3.8, 4) is 5.75 Å². The van der Waals surface area contributed by atoms with Crippen LogP contribution < -0.4 is 10.5 Å². The molecule has 0 bridgehead atoms. The lowest BCUT2D eigenvalue weighted by Crippen LogP contribution is -2.20. The average molecular weight is 264 g/mol. The molecule has 0 unspecified atom stereocenters. The van der Waals surface area contributed by atoms with E-state index < -0.39 is 24.5 Å². The number of hydrogen-bond donors (Lipinski definition) is 2. The van der Waals surface area contributed by atoms with E-state index in [4.69, 9.17) is 10.8 Å². The molecule has 0 aliphatic heterocycles. The van der Waals surface area contributed by atoms with Crippen LogP contribution in [0.1, 0.15) is 16.8 Å². The molecular formula is C10H11F3N2O3. The van der Waals surface area contributed by atoms with E-state index in [1.165, 1.54) is 6.92 Å². The zero-order chi connectivity index (χ0) is 13.9. The van der Waals surface area contributed by atoms with Crippen LogP contribution in [0.15, 0.2) is 6.20 Å². The van der Waals surface area contributed by atoms with Gasteiger partial charge in [0, 0.05) is 23.9 Å². The molecule has 1 aromatic heterocycles. The monoisotopic (exact) mass is 264 g/mol. The molecule has 8 heteroatoms. The predicted octanol–water partition coefficient (Wildman–Crippen LogP) is 1.37. The molecule has 1 aromatic rings. The molecule has 1 rings (SSSR count). The van der Waals surface area contributed by atoms with Gasteiger partial charge in [0.1, 0.15) is 5.75 Å². The van der Waals surface area contributed by atoms with Gasteiger partial charge in [-0.15, -0.1) is 13.2 Å². The Morgan fingerprint density at radius 1 is 1.56 bits per heavy atom. The van der Waals surface area contributed by atoms with Crippen LogP contribution in [0.5, 0.6) is 5.75 Å². The van der Waals surface area contributed by atoms with E-state index in [-0.39, 0.29) is 23.4 Å². The fraction of sp³-hybridized carbons (Fsp3) is 0.400. The number of ether oxygens (including phenoxy) is 1. The van der Waals surface area contributed by atoms with E-state index in [0.717, 1.165) is 6.20 Å². The lowest BCUT2D eigenvalue weighted by atomic mass is 10.1. The first-order valence-corrected chi connectivity index (χ1v) is 4.89. The normalized spacial score (nSPS) is 11.4.